The summed E-state index contributed by atoms with van der Waals surface area (Å²) >= 11 is 0. The zero-order valence-corrected chi connectivity index (χ0v) is 11.2. The van der Waals surface area contributed by atoms with Crippen LogP contribution < -0.4 is 0 Å². The van der Waals surface area contributed by atoms with Gasteiger partial charge in [-0.15, -0.1) is 0 Å². The second-order valence-corrected chi connectivity index (χ2v) is 5.19. The first-order valence-electron chi connectivity index (χ1n) is 6.43. The van der Waals surface area contributed by atoms with E-state index in [9.17, 15) is 0 Å². The van der Waals surface area contributed by atoms with E-state index in [0.717, 1.165) is 37.6 Å². The molecule has 0 saturated carbocycles. The summed E-state index contributed by atoms with van der Waals surface area (Å²) in [5.74, 6) is 1.31. The fourth-order valence-corrected chi connectivity index (χ4v) is 2.41. The Kier molecular flexibility index (Phi) is 3.96. The molecule has 0 aliphatic carbocycles. The Balaban J connectivity index is 2.00. The smallest absolute Gasteiger partial charge is 0.141 e. The Bertz CT molecular complexity index is 426. The van der Waals surface area contributed by atoms with Crippen molar-refractivity contribution in [1.29, 1.82) is 0 Å². The van der Waals surface area contributed by atoms with Crippen LogP contribution in [0.25, 0.3) is 0 Å². The van der Waals surface area contributed by atoms with E-state index in [4.69, 9.17) is 5.21 Å². The van der Waals surface area contributed by atoms with Crippen molar-refractivity contribution in [2.75, 3.05) is 13.1 Å². The highest BCUT2D eigenvalue weighted by Gasteiger charge is 2.23. The van der Waals surface area contributed by atoms with Crippen molar-refractivity contribution in [2.24, 2.45) is 11.1 Å². The van der Waals surface area contributed by atoms with Crippen LogP contribution in [0.5, 0.6) is 0 Å². The first-order valence-corrected chi connectivity index (χ1v) is 6.43. The van der Waals surface area contributed by atoms with Crippen LogP contribution in [0.4, 0.5) is 0 Å². The van der Waals surface area contributed by atoms with Crippen LogP contribution in [-0.4, -0.2) is 43.7 Å². The maximum Gasteiger partial charge on any atom is 0.141 e. The minimum absolute atomic E-state index is 0.305. The molecule has 2 heterocycles. The van der Waals surface area contributed by atoms with Gasteiger partial charge in [-0.3, -0.25) is 4.90 Å². The zero-order chi connectivity index (χ0) is 13.1. The quantitative estimate of drug-likeness (QED) is 0.653. The summed E-state index contributed by atoms with van der Waals surface area (Å²) in [6, 6.07) is 0.333. The molecule has 1 aliphatic rings. The lowest BCUT2D eigenvalue weighted by atomic mass is 9.98. The maximum absolute atomic E-state index is 8.86. The van der Waals surface area contributed by atoms with Crippen LogP contribution in [0.15, 0.2) is 11.5 Å². The van der Waals surface area contributed by atoms with Crippen LogP contribution in [0, 0.1) is 5.92 Å². The summed E-state index contributed by atoms with van der Waals surface area (Å²) in [7, 11) is 0. The van der Waals surface area contributed by atoms with E-state index in [1.54, 1.807) is 6.33 Å². The van der Waals surface area contributed by atoms with Gasteiger partial charge in [-0.25, -0.2) is 9.67 Å². The molecule has 6 nitrogen and oxygen atoms in total. The number of piperidine rings is 1. The monoisotopic (exact) mass is 251 g/mol. The third-order valence-corrected chi connectivity index (χ3v) is 3.41. The molecule has 1 fully saturated rings. The number of likely N-dealkylation sites (tertiary alicyclic amines) is 1. The first kappa shape index (κ1) is 13.0. The highest BCUT2D eigenvalue weighted by Crippen LogP contribution is 2.16. The van der Waals surface area contributed by atoms with Gasteiger partial charge in [0.2, 0.25) is 0 Å². The third kappa shape index (κ3) is 2.69. The third-order valence-electron chi connectivity index (χ3n) is 3.41. The number of oxime groups is 1. The molecule has 1 N–H and O–H groups in total. The maximum atomic E-state index is 8.86. The molecule has 1 saturated heterocycles. The molecule has 100 valence electrons. The van der Waals surface area contributed by atoms with E-state index in [2.05, 4.69) is 40.9 Å². The van der Waals surface area contributed by atoms with Crippen LogP contribution in [0.3, 0.4) is 0 Å². The van der Waals surface area contributed by atoms with E-state index in [1.165, 1.54) is 0 Å². The summed E-state index contributed by atoms with van der Waals surface area (Å²) in [6.45, 7) is 8.93. The number of hydrogen-bond acceptors (Lipinski definition) is 5. The van der Waals surface area contributed by atoms with E-state index in [1.807, 2.05) is 4.68 Å². The first-order chi connectivity index (χ1) is 8.61. The molecule has 2 rings (SSSR count). The number of aromatic nitrogens is 3. The minimum atomic E-state index is 0.305. The van der Waals surface area contributed by atoms with Crippen LogP contribution in [0.1, 0.15) is 39.1 Å². The Morgan fingerprint density at radius 1 is 1.56 bits per heavy atom. The fourth-order valence-electron chi connectivity index (χ4n) is 2.41. The predicted molar refractivity (Wildman–Crippen MR) is 68.7 cm³/mol. The van der Waals surface area contributed by atoms with Crippen LogP contribution in [-0.2, 0) is 6.54 Å². The van der Waals surface area contributed by atoms with Gasteiger partial charge in [-0.05, 0) is 13.8 Å². The molecule has 18 heavy (non-hydrogen) atoms. The average Bonchev–Trinajstić information content (AvgIpc) is 2.77. The lowest BCUT2D eigenvalue weighted by Crippen LogP contribution is -2.39. The molecule has 1 aliphatic heterocycles. The molecule has 1 aromatic heterocycles. The van der Waals surface area contributed by atoms with Gasteiger partial charge in [0.25, 0.3) is 0 Å². The SMILES string of the molecule is CC1CN(Cc2ncnn2C(C)C)CCC1=NO. The molecule has 0 aromatic carbocycles. The number of rotatable bonds is 3. The molecule has 0 bridgehead atoms. The summed E-state index contributed by atoms with van der Waals surface area (Å²) in [5, 5.41) is 16.5. The molecular weight excluding hydrogens is 230 g/mol. The van der Waals surface area contributed by atoms with E-state index in [-0.39, 0.29) is 0 Å². The normalized spacial score (nSPS) is 24.0. The van der Waals surface area contributed by atoms with Crippen molar-refractivity contribution in [3.8, 4) is 0 Å². The number of hydrogen-bond donors (Lipinski definition) is 1. The topological polar surface area (TPSA) is 66.5 Å². The predicted octanol–water partition coefficient (Wildman–Crippen LogP) is 1.53. The van der Waals surface area contributed by atoms with Gasteiger partial charge >= 0.3 is 0 Å². The molecule has 1 atom stereocenters. The van der Waals surface area contributed by atoms with Crippen LogP contribution in [0.2, 0.25) is 0 Å². The largest absolute Gasteiger partial charge is 0.411 e. The highest BCUT2D eigenvalue weighted by atomic mass is 16.4. The molecule has 0 spiro atoms. The van der Waals surface area contributed by atoms with Gasteiger partial charge in [0.15, 0.2) is 0 Å². The Labute approximate surface area is 107 Å². The minimum Gasteiger partial charge on any atom is -0.411 e. The highest BCUT2D eigenvalue weighted by molar-refractivity contribution is 5.86. The number of nitrogens with zero attached hydrogens (tertiary/aromatic N) is 5. The van der Waals surface area contributed by atoms with Crippen LogP contribution >= 0.6 is 0 Å². The lowest BCUT2D eigenvalue weighted by Gasteiger charge is -2.31. The van der Waals surface area contributed by atoms with Gasteiger partial charge in [-0.2, -0.15) is 5.10 Å². The second kappa shape index (κ2) is 5.48. The van der Waals surface area contributed by atoms with Crippen molar-refractivity contribution in [1.82, 2.24) is 19.7 Å². The Morgan fingerprint density at radius 3 is 2.94 bits per heavy atom. The van der Waals surface area contributed by atoms with Gasteiger partial charge in [-0.1, -0.05) is 12.1 Å². The molecule has 1 aromatic rings. The van der Waals surface area contributed by atoms with E-state index < -0.39 is 0 Å². The Morgan fingerprint density at radius 2 is 2.33 bits per heavy atom. The summed E-state index contributed by atoms with van der Waals surface area (Å²) in [5.41, 5.74) is 0.900. The zero-order valence-electron chi connectivity index (χ0n) is 11.2. The second-order valence-electron chi connectivity index (χ2n) is 5.19. The standard InChI is InChI=1S/C12H21N5O/c1-9(2)17-12(13-8-14-17)7-16-5-4-11(15-18)10(3)6-16/h8-10,18H,4-7H2,1-3H3. The van der Waals surface area contributed by atoms with Crippen molar-refractivity contribution in [2.45, 2.75) is 39.8 Å². The summed E-state index contributed by atoms with van der Waals surface area (Å²) < 4.78 is 1.96. The fraction of sp³-hybridized carbons (Fsp3) is 0.750. The molecule has 6 heteroatoms. The summed E-state index contributed by atoms with van der Waals surface area (Å²) in [4.78, 5) is 6.66. The lowest BCUT2D eigenvalue weighted by molar-refractivity contribution is 0.218. The van der Waals surface area contributed by atoms with E-state index in [0.29, 0.717) is 12.0 Å². The average molecular weight is 251 g/mol. The van der Waals surface area contributed by atoms with Gasteiger partial charge in [0, 0.05) is 31.5 Å². The molecule has 0 radical (unpaired) electrons. The molecule has 0 amide bonds. The Hall–Kier alpha value is -1.43. The van der Waals surface area contributed by atoms with Gasteiger partial charge in [0.05, 0.1) is 12.3 Å². The van der Waals surface area contributed by atoms with Gasteiger partial charge < -0.3 is 5.21 Å². The van der Waals surface area contributed by atoms with Crippen molar-refractivity contribution in [3.05, 3.63) is 12.2 Å². The van der Waals surface area contributed by atoms with Gasteiger partial charge in [0.1, 0.15) is 12.2 Å². The van der Waals surface area contributed by atoms with E-state index >= 15 is 0 Å². The van der Waals surface area contributed by atoms with Crippen molar-refractivity contribution in [3.63, 3.8) is 0 Å². The summed E-state index contributed by atoms with van der Waals surface area (Å²) in [6.07, 6.45) is 2.44. The van der Waals surface area contributed by atoms with Crippen molar-refractivity contribution >= 4 is 5.71 Å². The molecular formula is C12H21N5O. The van der Waals surface area contributed by atoms with Crippen molar-refractivity contribution < 1.29 is 5.21 Å². The molecule has 1 unspecified atom stereocenters.